The summed E-state index contributed by atoms with van der Waals surface area (Å²) in [5.41, 5.74) is -0.0985. The highest BCUT2D eigenvalue weighted by atomic mass is 19.4. The number of hydrogen-bond acceptors (Lipinski definition) is 1. The molecule has 94 valence electrons. The van der Waals surface area contributed by atoms with Gasteiger partial charge >= 0.3 is 6.18 Å². The topological polar surface area (TPSA) is 12.0 Å². The molecule has 1 heterocycles. The average Bonchev–Trinajstić information content (AvgIpc) is 2.14. The summed E-state index contributed by atoms with van der Waals surface area (Å²) in [7, 11) is 0. The van der Waals surface area contributed by atoms with Crippen molar-refractivity contribution < 1.29 is 13.2 Å². The van der Waals surface area contributed by atoms with Crippen LogP contribution in [0.3, 0.4) is 0 Å². The van der Waals surface area contributed by atoms with Crippen LogP contribution in [0.2, 0.25) is 0 Å². The van der Waals surface area contributed by atoms with E-state index in [-0.39, 0.29) is 11.5 Å². The average molecular weight is 243 g/mol. The van der Waals surface area contributed by atoms with Gasteiger partial charge in [-0.2, -0.15) is 13.2 Å². The largest absolute Gasteiger partial charge is 0.416 e. The third-order valence-corrected chi connectivity index (χ3v) is 3.65. The third kappa shape index (κ3) is 2.06. The van der Waals surface area contributed by atoms with Crippen LogP contribution in [-0.2, 0) is 11.7 Å². The minimum absolute atomic E-state index is 0.277. The van der Waals surface area contributed by atoms with E-state index in [0.29, 0.717) is 0 Å². The summed E-state index contributed by atoms with van der Waals surface area (Å²) in [4.78, 5) is 0. The van der Waals surface area contributed by atoms with Crippen LogP contribution in [0.1, 0.15) is 31.4 Å². The Bertz CT molecular complexity index is 405. The van der Waals surface area contributed by atoms with Crippen LogP contribution in [0.5, 0.6) is 0 Å². The van der Waals surface area contributed by atoms with Gasteiger partial charge in [0.1, 0.15) is 0 Å². The molecule has 1 fully saturated rings. The van der Waals surface area contributed by atoms with E-state index in [2.05, 4.69) is 5.32 Å². The number of alkyl halides is 3. The Morgan fingerprint density at radius 2 is 1.94 bits per heavy atom. The van der Waals surface area contributed by atoms with Gasteiger partial charge in [-0.1, -0.05) is 26.0 Å². The van der Waals surface area contributed by atoms with Crippen molar-refractivity contribution in [1.29, 1.82) is 0 Å². The molecule has 17 heavy (non-hydrogen) atoms. The lowest BCUT2D eigenvalue weighted by molar-refractivity contribution is -0.137. The van der Waals surface area contributed by atoms with Gasteiger partial charge in [0.2, 0.25) is 0 Å². The van der Waals surface area contributed by atoms with Crippen LogP contribution in [0.15, 0.2) is 24.3 Å². The standard InChI is InChI=1S/C13H16F3N/c1-9(2)12(6-7-17-12)10-4-3-5-11(8-10)13(14,15)16/h3-5,8-9,17H,6-7H2,1-2H3. The summed E-state index contributed by atoms with van der Waals surface area (Å²) >= 11 is 0. The smallest absolute Gasteiger partial charge is 0.307 e. The van der Waals surface area contributed by atoms with Crippen LogP contribution in [-0.4, -0.2) is 6.54 Å². The van der Waals surface area contributed by atoms with Crippen LogP contribution in [0, 0.1) is 5.92 Å². The van der Waals surface area contributed by atoms with E-state index in [1.807, 2.05) is 13.8 Å². The molecule has 0 aromatic heterocycles. The zero-order valence-corrected chi connectivity index (χ0v) is 9.93. The highest BCUT2D eigenvalue weighted by Gasteiger charge is 2.42. The van der Waals surface area contributed by atoms with Gasteiger partial charge in [-0.15, -0.1) is 0 Å². The molecular weight excluding hydrogens is 227 g/mol. The van der Waals surface area contributed by atoms with Gasteiger partial charge in [0.15, 0.2) is 0 Å². The summed E-state index contributed by atoms with van der Waals surface area (Å²) in [6.07, 6.45) is -3.37. The highest BCUT2D eigenvalue weighted by Crippen LogP contribution is 2.40. The Labute approximate surface area is 99.0 Å². The Morgan fingerprint density at radius 1 is 1.29 bits per heavy atom. The van der Waals surface area contributed by atoms with Crippen LogP contribution >= 0.6 is 0 Å². The monoisotopic (exact) mass is 243 g/mol. The molecule has 2 rings (SSSR count). The molecule has 1 aliphatic heterocycles. The number of hydrogen-bond donors (Lipinski definition) is 1. The Hall–Kier alpha value is -1.03. The maximum Gasteiger partial charge on any atom is 0.416 e. The molecule has 0 bridgehead atoms. The molecule has 4 heteroatoms. The predicted molar refractivity (Wildman–Crippen MR) is 60.6 cm³/mol. The fraction of sp³-hybridized carbons (Fsp3) is 0.538. The third-order valence-electron chi connectivity index (χ3n) is 3.65. The molecule has 1 nitrogen and oxygen atoms in total. The lowest BCUT2D eigenvalue weighted by atomic mass is 9.72. The SMILES string of the molecule is CC(C)C1(c2cccc(C(F)(F)F)c2)CCN1. The van der Waals surface area contributed by atoms with Crippen molar-refractivity contribution in [2.75, 3.05) is 6.54 Å². The fourth-order valence-corrected chi connectivity index (χ4v) is 2.44. The van der Waals surface area contributed by atoms with Crippen LogP contribution < -0.4 is 5.32 Å². The van der Waals surface area contributed by atoms with Gasteiger partial charge < -0.3 is 5.32 Å². The van der Waals surface area contributed by atoms with E-state index in [4.69, 9.17) is 0 Å². The molecule has 1 N–H and O–H groups in total. The second-order valence-corrected chi connectivity index (χ2v) is 4.88. The lowest BCUT2D eigenvalue weighted by Gasteiger charge is -2.47. The van der Waals surface area contributed by atoms with E-state index in [9.17, 15) is 13.2 Å². The van der Waals surface area contributed by atoms with Gasteiger partial charge in [0.05, 0.1) is 5.56 Å². The first kappa shape index (κ1) is 12.4. The number of halogens is 3. The maximum absolute atomic E-state index is 12.7. The number of benzene rings is 1. The van der Waals surface area contributed by atoms with Crippen molar-refractivity contribution in [3.05, 3.63) is 35.4 Å². The summed E-state index contributed by atoms with van der Waals surface area (Å²) in [5, 5.41) is 3.29. The van der Waals surface area contributed by atoms with Crippen molar-refractivity contribution in [3.63, 3.8) is 0 Å². The van der Waals surface area contributed by atoms with E-state index in [1.165, 1.54) is 12.1 Å². The van der Waals surface area contributed by atoms with Gasteiger partial charge in [0, 0.05) is 5.54 Å². The molecule has 0 aliphatic carbocycles. The van der Waals surface area contributed by atoms with Crippen LogP contribution in [0.4, 0.5) is 13.2 Å². The maximum atomic E-state index is 12.7. The zero-order valence-electron chi connectivity index (χ0n) is 9.93. The molecule has 0 spiro atoms. The van der Waals surface area contributed by atoms with Gasteiger partial charge in [0.25, 0.3) is 0 Å². The second kappa shape index (κ2) is 4.02. The Kier molecular flexibility index (Phi) is 2.94. The normalized spacial score (nSPS) is 24.8. The van der Waals surface area contributed by atoms with Crippen LogP contribution in [0.25, 0.3) is 0 Å². The number of nitrogens with one attached hydrogen (secondary N) is 1. The summed E-state index contributed by atoms with van der Waals surface area (Å²) < 4.78 is 38.0. The first-order valence-corrected chi connectivity index (χ1v) is 5.79. The summed E-state index contributed by atoms with van der Waals surface area (Å²) in [6, 6.07) is 5.66. The van der Waals surface area contributed by atoms with Gasteiger partial charge in [-0.05, 0) is 36.6 Å². The Balaban J connectivity index is 2.40. The Morgan fingerprint density at radius 3 is 2.35 bits per heavy atom. The molecule has 1 aliphatic rings. The zero-order chi connectivity index (χ0) is 12.7. The van der Waals surface area contributed by atoms with Crippen molar-refractivity contribution >= 4 is 0 Å². The fourth-order valence-electron chi connectivity index (χ4n) is 2.44. The first-order valence-electron chi connectivity index (χ1n) is 5.79. The molecule has 1 aromatic carbocycles. The molecule has 1 atom stereocenters. The minimum Gasteiger partial charge on any atom is -0.307 e. The van der Waals surface area contributed by atoms with E-state index < -0.39 is 11.7 Å². The molecule has 1 saturated heterocycles. The van der Waals surface area contributed by atoms with Gasteiger partial charge in [-0.25, -0.2) is 0 Å². The van der Waals surface area contributed by atoms with E-state index >= 15 is 0 Å². The first-order chi connectivity index (χ1) is 7.86. The van der Waals surface area contributed by atoms with E-state index in [1.54, 1.807) is 6.07 Å². The summed E-state index contributed by atoms with van der Waals surface area (Å²) in [6.45, 7) is 4.94. The molecule has 1 aromatic rings. The number of rotatable bonds is 2. The highest BCUT2D eigenvalue weighted by molar-refractivity contribution is 5.33. The quantitative estimate of drug-likeness (QED) is 0.837. The predicted octanol–water partition coefficient (Wildman–Crippen LogP) is 3.55. The van der Waals surface area contributed by atoms with Crippen molar-refractivity contribution in [1.82, 2.24) is 5.32 Å². The lowest BCUT2D eigenvalue weighted by Crippen LogP contribution is -2.57. The van der Waals surface area contributed by atoms with Crippen molar-refractivity contribution in [2.24, 2.45) is 5.92 Å². The summed E-state index contributed by atoms with van der Waals surface area (Å²) in [5.74, 6) is 0.278. The van der Waals surface area contributed by atoms with Crippen molar-refractivity contribution in [3.8, 4) is 0 Å². The molecule has 0 amide bonds. The molecule has 0 saturated carbocycles. The van der Waals surface area contributed by atoms with E-state index in [0.717, 1.165) is 24.6 Å². The van der Waals surface area contributed by atoms with Gasteiger partial charge in [-0.3, -0.25) is 0 Å². The molecule has 1 unspecified atom stereocenters. The molecule has 0 radical (unpaired) electrons. The second-order valence-electron chi connectivity index (χ2n) is 4.88. The molecular formula is C13H16F3N. The minimum atomic E-state index is -4.27. The van der Waals surface area contributed by atoms with Crippen molar-refractivity contribution in [2.45, 2.75) is 32.0 Å².